The highest BCUT2D eigenvalue weighted by Gasteiger charge is 2.56. The summed E-state index contributed by atoms with van der Waals surface area (Å²) in [6.45, 7) is 16.2. The van der Waals surface area contributed by atoms with Crippen LogP contribution in [-0.2, 0) is 16.2 Å². The predicted octanol–water partition coefficient (Wildman–Crippen LogP) is 16.5. The molecule has 2 heteroatoms. The number of hydrogen-bond donors (Lipinski definition) is 0. The maximum atomic E-state index is 7.27. The second-order valence-electron chi connectivity index (χ2n) is 20.7. The van der Waals surface area contributed by atoms with E-state index in [1.54, 1.807) is 5.56 Å². The lowest BCUT2D eigenvalue weighted by molar-refractivity contribution is 0.327. The van der Waals surface area contributed by atoms with Crippen LogP contribution in [0.1, 0.15) is 113 Å². The van der Waals surface area contributed by atoms with Crippen LogP contribution in [0.5, 0.6) is 0 Å². The summed E-state index contributed by atoms with van der Waals surface area (Å²) in [7, 11) is 0. The van der Waals surface area contributed by atoms with E-state index in [0.29, 0.717) is 5.92 Å². The highest BCUT2D eigenvalue weighted by molar-refractivity contribution is 6.12. The van der Waals surface area contributed by atoms with Gasteiger partial charge < -0.3 is 9.32 Å². The first-order chi connectivity index (χ1) is 29.4. The van der Waals surface area contributed by atoms with Gasteiger partial charge in [0.25, 0.3) is 0 Å². The molecule has 1 spiro atoms. The molecule has 0 N–H and O–H groups in total. The highest BCUT2D eigenvalue weighted by Crippen LogP contribution is 2.66. The molecule has 7 aromatic carbocycles. The third-order valence-electron chi connectivity index (χ3n) is 15.7. The van der Waals surface area contributed by atoms with Crippen molar-refractivity contribution in [3.8, 4) is 33.4 Å². The SMILES string of the molecule is CC(C)c1cc(-c2ccc(C(C)(C)C)cc2)cc2c1oc1c(N(c3ccc4c(c3)C(C)(C)c3ccccc3-4)c3ccc4c(c3)C3(CC5CCC3C5)c3ccccc3-4)cccc12. The van der Waals surface area contributed by atoms with Crippen molar-refractivity contribution in [1.82, 2.24) is 0 Å². The van der Waals surface area contributed by atoms with Crippen LogP contribution in [0.3, 0.4) is 0 Å². The van der Waals surface area contributed by atoms with Gasteiger partial charge in [0.1, 0.15) is 5.58 Å². The second-order valence-corrected chi connectivity index (χ2v) is 20.7. The van der Waals surface area contributed by atoms with E-state index in [2.05, 4.69) is 193 Å². The van der Waals surface area contributed by atoms with Gasteiger partial charge in [-0.1, -0.05) is 152 Å². The van der Waals surface area contributed by atoms with Gasteiger partial charge in [-0.3, -0.25) is 0 Å². The van der Waals surface area contributed by atoms with Gasteiger partial charge in [0.05, 0.1) is 5.69 Å². The monoisotopic (exact) mass is 793 g/mol. The zero-order valence-electron chi connectivity index (χ0n) is 36.7. The summed E-state index contributed by atoms with van der Waals surface area (Å²) in [6.07, 6.45) is 5.31. The normalized spacial score (nSPS) is 20.5. The van der Waals surface area contributed by atoms with Crippen LogP contribution in [0, 0.1) is 11.8 Å². The lowest BCUT2D eigenvalue weighted by atomic mass is 9.67. The van der Waals surface area contributed by atoms with Crippen molar-refractivity contribution in [2.75, 3.05) is 4.90 Å². The largest absolute Gasteiger partial charge is 0.454 e. The van der Waals surface area contributed by atoms with Gasteiger partial charge in [0.2, 0.25) is 0 Å². The second kappa shape index (κ2) is 12.8. The Balaban J connectivity index is 1.09. The number of anilines is 3. The summed E-state index contributed by atoms with van der Waals surface area (Å²) >= 11 is 0. The van der Waals surface area contributed by atoms with Gasteiger partial charge in [0, 0.05) is 33.0 Å². The van der Waals surface area contributed by atoms with Crippen molar-refractivity contribution >= 4 is 39.0 Å². The van der Waals surface area contributed by atoms with Crippen LogP contribution < -0.4 is 4.90 Å². The zero-order chi connectivity index (χ0) is 41.6. The van der Waals surface area contributed by atoms with E-state index in [9.17, 15) is 0 Å². The average Bonchev–Trinajstić information content (AvgIpc) is 4.08. The van der Waals surface area contributed by atoms with Crippen LogP contribution in [0.2, 0.25) is 0 Å². The molecule has 1 aromatic heterocycles. The number of para-hydroxylation sites is 1. The Morgan fingerprint density at radius 2 is 1.25 bits per heavy atom. The molecule has 3 atom stereocenters. The molecule has 2 saturated carbocycles. The summed E-state index contributed by atoms with van der Waals surface area (Å²) < 4.78 is 7.27. The zero-order valence-corrected chi connectivity index (χ0v) is 36.7. The minimum absolute atomic E-state index is 0.0805. The molecule has 4 aliphatic rings. The minimum atomic E-state index is -0.126. The highest BCUT2D eigenvalue weighted by atomic mass is 16.3. The van der Waals surface area contributed by atoms with Gasteiger partial charge in [-0.15, -0.1) is 0 Å². The van der Waals surface area contributed by atoms with Crippen LogP contribution in [0.25, 0.3) is 55.3 Å². The molecule has 2 fully saturated rings. The molecular weight excluding hydrogens is 739 g/mol. The first kappa shape index (κ1) is 36.9. The standard InChI is InChI=1S/C59H55NO/c1-35(2)48-30-38(37-20-23-39(24-21-37)57(3,4)5)31-49-47-15-12-18-54(56(47)61-55(48)49)60(41-25-27-45-43-13-8-10-16-50(43)58(6,7)52(45)32-41)42-26-28-46-44-14-9-11-17-51(44)59(53(46)33-42)34-36-19-22-40(59)29-36/h8-18,20-21,23-28,30-33,35-36,40H,19,22,29,34H2,1-7H3. The molecule has 8 aromatic rings. The fourth-order valence-corrected chi connectivity index (χ4v) is 12.6. The lowest BCUT2D eigenvalue weighted by Gasteiger charge is -2.37. The summed E-state index contributed by atoms with van der Waals surface area (Å²) in [6, 6.07) is 53.6. The van der Waals surface area contributed by atoms with Crippen LogP contribution in [0.15, 0.2) is 144 Å². The fraction of sp³-hybridized carbons (Fsp3) is 0.288. The van der Waals surface area contributed by atoms with E-state index in [0.717, 1.165) is 33.8 Å². The molecule has 0 saturated heterocycles. The summed E-state index contributed by atoms with van der Waals surface area (Å²) in [5.74, 6) is 1.79. The van der Waals surface area contributed by atoms with E-state index < -0.39 is 0 Å². The Morgan fingerprint density at radius 1 is 0.590 bits per heavy atom. The Kier molecular flexibility index (Phi) is 7.77. The smallest absolute Gasteiger partial charge is 0.159 e. The van der Waals surface area contributed by atoms with Crippen molar-refractivity contribution in [3.63, 3.8) is 0 Å². The van der Waals surface area contributed by atoms with Crippen LogP contribution >= 0.6 is 0 Å². The first-order valence-corrected chi connectivity index (χ1v) is 22.8. The number of rotatable bonds is 5. The summed E-state index contributed by atoms with van der Waals surface area (Å²) in [5, 5.41) is 2.33. The van der Waals surface area contributed by atoms with E-state index in [-0.39, 0.29) is 22.2 Å². The van der Waals surface area contributed by atoms with E-state index in [1.807, 2.05) is 0 Å². The van der Waals surface area contributed by atoms with Crippen molar-refractivity contribution in [3.05, 3.63) is 173 Å². The molecular formula is C59H55NO. The van der Waals surface area contributed by atoms with Crippen LogP contribution in [0.4, 0.5) is 17.1 Å². The third kappa shape index (κ3) is 5.21. The third-order valence-corrected chi connectivity index (χ3v) is 15.7. The van der Waals surface area contributed by atoms with Crippen molar-refractivity contribution < 1.29 is 4.42 Å². The maximum Gasteiger partial charge on any atom is 0.159 e. The number of hydrogen-bond acceptors (Lipinski definition) is 2. The Morgan fingerprint density at radius 3 is 1.92 bits per heavy atom. The molecule has 0 radical (unpaired) electrons. The Labute approximate surface area is 361 Å². The Hall–Kier alpha value is -5.86. The van der Waals surface area contributed by atoms with E-state index >= 15 is 0 Å². The van der Waals surface area contributed by atoms with Gasteiger partial charge in [0.15, 0.2) is 5.58 Å². The van der Waals surface area contributed by atoms with Gasteiger partial charge in [-0.2, -0.15) is 0 Å². The molecule has 0 amide bonds. The summed E-state index contributed by atoms with van der Waals surface area (Å²) in [4.78, 5) is 2.52. The van der Waals surface area contributed by atoms with Gasteiger partial charge >= 0.3 is 0 Å². The lowest BCUT2D eigenvalue weighted by Crippen LogP contribution is -2.32. The molecule has 61 heavy (non-hydrogen) atoms. The summed E-state index contributed by atoms with van der Waals surface area (Å²) in [5.41, 5.74) is 21.9. The van der Waals surface area contributed by atoms with Crippen LogP contribution in [-0.4, -0.2) is 0 Å². The predicted molar refractivity (Wildman–Crippen MR) is 256 cm³/mol. The molecule has 0 aliphatic heterocycles. The van der Waals surface area contributed by atoms with Gasteiger partial charge in [-0.25, -0.2) is 0 Å². The fourth-order valence-electron chi connectivity index (χ4n) is 12.6. The molecule has 2 bridgehead atoms. The van der Waals surface area contributed by atoms with Crippen molar-refractivity contribution in [2.45, 2.75) is 96.3 Å². The maximum absolute atomic E-state index is 7.27. The minimum Gasteiger partial charge on any atom is -0.454 e. The molecule has 302 valence electrons. The topological polar surface area (TPSA) is 16.4 Å². The quantitative estimate of drug-likeness (QED) is 0.173. The Bertz CT molecular complexity index is 3100. The first-order valence-electron chi connectivity index (χ1n) is 22.8. The van der Waals surface area contributed by atoms with E-state index in [4.69, 9.17) is 4.42 Å². The number of nitrogens with zero attached hydrogens (tertiary/aromatic N) is 1. The van der Waals surface area contributed by atoms with Crippen molar-refractivity contribution in [1.29, 1.82) is 0 Å². The molecule has 2 nitrogen and oxygen atoms in total. The van der Waals surface area contributed by atoms with Crippen molar-refractivity contribution in [2.24, 2.45) is 11.8 Å². The van der Waals surface area contributed by atoms with Gasteiger partial charge in [-0.05, 0) is 152 Å². The molecule has 12 rings (SSSR count). The number of fused-ring (bicyclic) bond motifs is 14. The number of benzene rings is 7. The average molecular weight is 794 g/mol. The molecule has 4 aliphatic carbocycles. The van der Waals surface area contributed by atoms with E-state index in [1.165, 1.54) is 98.0 Å². The number of furan rings is 1. The molecule has 1 heterocycles. The molecule has 3 unspecified atom stereocenters.